The maximum absolute atomic E-state index is 5.23. The molecule has 0 aliphatic heterocycles. The largest absolute Gasteiger partial charge is 0.374 e. The van der Waals surface area contributed by atoms with Crippen molar-refractivity contribution in [3.8, 4) is 0 Å². The summed E-state index contributed by atoms with van der Waals surface area (Å²) in [5.41, 5.74) is 2.08. The van der Waals surface area contributed by atoms with E-state index in [1.54, 1.807) is 18.9 Å². The molecule has 5 heteroatoms. The predicted octanol–water partition coefficient (Wildman–Crippen LogP) is 4.63. The Kier molecular flexibility index (Phi) is 7.03. The summed E-state index contributed by atoms with van der Waals surface area (Å²) in [4.78, 5) is 0. The second kappa shape index (κ2) is 9.05. The normalized spacial score (nSPS) is 12.9. The first-order chi connectivity index (χ1) is 10.4. The molecule has 0 fully saturated rings. The summed E-state index contributed by atoms with van der Waals surface area (Å²) in [6, 6.07) is 8.15. The van der Waals surface area contributed by atoms with Crippen molar-refractivity contribution in [1.29, 1.82) is 0 Å². The SMILES string of the molecule is CCCCCCCC(SCOC)n1nnc2ccccc21. The minimum atomic E-state index is 0.305. The summed E-state index contributed by atoms with van der Waals surface area (Å²) in [6.45, 7) is 2.25. The Labute approximate surface area is 131 Å². The van der Waals surface area contributed by atoms with Crippen molar-refractivity contribution in [2.45, 2.75) is 50.8 Å². The van der Waals surface area contributed by atoms with Crippen molar-refractivity contribution in [3.05, 3.63) is 24.3 Å². The van der Waals surface area contributed by atoms with E-state index in [2.05, 4.69) is 28.0 Å². The van der Waals surface area contributed by atoms with Crippen LogP contribution in [-0.2, 0) is 4.74 Å². The first-order valence-corrected chi connectivity index (χ1v) is 8.82. The van der Waals surface area contributed by atoms with Crippen molar-refractivity contribution in [3.63, 3.8) is 0 Å². The Morgan fingerprint density at radius 3 is 2.81 bits per heavy atom. The highest BCUT2D eigenvalue weighted by atomic mass is 32.2. The third-order valence-electron chi connectivity index (χ3n) is 3.58. The number of methoxy groups -OCH3 is 1. The smallest absolute Gasteiger partial charge is 0.113 e. The molecule has 1 heterocycles. The Bertz CT molecular complexity index is 529. The summed E-state index contributed by atoms with van der Waals surface area (Å²) >= 11 is 1.80. The Balaban J connectivity index is 2.01. The zero-order valence-corrected chi connectivity index (χ0v) is 13.8. The molecule has 4 nitrogen and oxygen atoms in total. The summed E-state index contributed by atoms with van der Waals surface area (Å²) in [6.07, 6.45) is 7.60. The van der Waals surface area contributed by atoms with Crippen LogP contribution in [0.3, 0.4) is 0 Å². The van der Waals surface area contributed by atoms with Gasteiger partial charge in [0.1, 0.15) is 10.9 Å². The van der Waals surface area contributed by atoms with Crippen LogP contribution in [0.15, 0.2) is 24.3 Å². The second-order valence-electron chi connectivity index (χ2n) is 5.25. The highest BCUT2D eigenvalue weighted by molar-refractivity contribution is 7.99. The summed E-state index contributed by atoms with van der Waals surface area (Å²) in [7, 11) is 1.74. The van der Waals surface area contributed by atoms with Crippen LogP contribution in [0.1, 0.15) is 50.8 Å². The van der Waals surface area contributed by atoms with E-state index >= 15 is 0 Å². The van der Waals surface area contributed by atoms with Crippen molar-refractivity contribution in [2.24, 2.45) is 0 Å². The molecule has 1 unspecified atom stereocenters. The molecule has 0 saturated carbocycles. The number of para-hydroxylation sites is 1. The van der Waals surface area contributed by atoms with E-state index in [0.717, 1.165) is 17.5 Å². The fourth-order valence-corrected chi connectivity index (χ4v) is 3.37. The maximum atomic E-state index is 5.23. The lowest BCUT2D eigenvalue weighted by molar-refractivity contribution is 0.257. The lowest BCUT2D eigenvalue weighted by Gasteiger charge is -2.17. The van der Waals surface area contributed by atoms with Crippen LogP contribution in [0.4, 0.5) is 0 Å². The van der Waals surface area contributed by atoms with E-state index in [4.69, 9.17) is 4.74 Å². The van der Waals surface area contributed by atoms with Crippen LogP contribution in [0.25, 0.3) is 11.0 Å². The molecule has 1 aromatic carbocycles. The van der Waals surface area contributed by atoms with Gasteiger partial charge in [-0.3, -0.25) is 0 Å². The minimum Gasteiger partial charge on any atom is -0.374 e. The van der Waals surface area contributed by atoms with Gasteiger partial charge in [-0.25, -0.2) is 4.68 Å². The second-order valence-corrected chi connectivity index (χ2v) is 6.37. The van der Waals surface area contributed by atoms with Gasteiger partial charge in [0.2, 0.25) is 0 Å². The molecule has 0 spiro atoms. The molecule has 2 aromatic rings. The zero-order valence-electron chi connectivity index (χ0n) is 13.0. The number of fused-ring (bicyclic) bond motifs is 1. The third kappa shape index (κ3) is 4.71. The van der Waals surface area contributed by atoms with Gasteiger partial charge in [0.15, 0.2) is 0 Å². The fraction of sp³-hybridized carbons (Fsp3) is 0.625. The molecular formula is C16H25N3OS. The van der Waals surface area contributed by atoms with Crippen LogP contribution in [0.5, 0.6) is 0 Å². The Morgan fingerprint density at radius 2 is 2.00 bits per heavy atom. The van der Waals surface area contributed by atoms with Crippen LogP contribution in [0.2, 0.25) is 0 Å². The lowest BCUT2D eigenvalue weighted by Crippen LogP contribution is -2.09. The zero-order chi connectivity index (χ0) is 14.9. The van der Waals surface area contributed by atoms with Crippen LogP contribution in [0, 0.1) is 0 Å². The molecule has 0 aliphatic rings. The number of benzene rings is 1. The predicted molar refractivity (Wildman–Crippen MR) is 89.4 cm³/mol. The number of aromatic nitrogens is 3. The molecule has 116 valence electrons. The van der Waals surface area contributed by atoms with Crippen LogP contribution in [-0.4, -0.2) is 28.0 Å². The number of unbranched alkanes of at least 4 members (excludes halogenated alkanes) is 4. The molecule has 1 aromatic heterocycles. The van der Waals surface area contributed by atoms with Gasteiger partial charge >= 0.3 is 0 Å². The molecule has 0 aliphatic carbocycles. The van der Waals surface area contributed by atoms with Gasteiger partial charge in [-0.05, 0) is 18.6 Å². The van der Waals surface area contributed by atoms with E-state index in [1.807, 2.05) is 18.2 Å². The van der Waals surface area contributed by atoms with Gasteiger partial charge in [-0.1, -0.05) is 56.4 Å². The highest BCUT2D eigenvalue weighted by Crippen LogP contribution is 2.30. The molecular weight excluding hydrogens is 282 g/mol. The molecule has 21 heavy (non-hydrogen) atoms. The van der Waals surface area contributed by atoms with Crippen LogP contribution < -0.4 is 0 Å². The van der Waals surface area contributed by atoms with Gasteiger partial charge in [-0.15, -0.1) is 16.9 Å². The molecule has 1 atom stereocenters. The number of rotatable bonds is 10. The van der Waals surface area contributed by atoms with Crippen molar-refractivity contribution >= 4 is 22.8 Å². The standard InChI is InChI=1S/C16H25N3OS/c1-3-4-5-6-7-12-16(21-13-20-2)19-15-11-9-8-10-14(15)17-18-19/h8-11,16H,3-7,12-13H2,1-2H3. The monoisotopic (exact) mass is 307 g/mol. The van der Waals surface area contributed by atoms with Gasteiger partial charge in [0.05, 0.1) is 11.5 Å². The maximum Gasteiger partial charge on any atom is 0.113 e. The highest BCUT2D eigenvalue weighted by Gasteiger charge is 2.15. The molecule has 0 saturated heterocycles. The lowest BCUT2D eigenvalue weighted by atomic mass is 10.1. The quantitative estimate of drug-likeness (QED) is 0.474. The van der Waals surface area contributed by atoms with Crippen molar-refractivity contribution < 1.29 is 4.74 Å². The first kappa shape index (κ1) is 16.3. The van der Waals surface area contributed by atoms with E-state index in [-0.39, 0.29) is 0 Å². The third-order valence-corrected chi connectivity index (χ3v) is 4.78. The molecule has 2 rings (SSSR count). The van der Waals surface area contributed by atoms with Crippen molar-refractivity contribution in [2.75, 3.05) is 13.0 Å². The fourth-order valence-electron chi connectivity index (χ4n) is 2.45. The van der Waals surface area contributed by atoms with Gasteiger partial charge in [0, 0.05) is 7.11 Å². The summed E-state index contributed by atoms with van der Waals surface area (Å²) < 4.78 is 7.28. The molecule has 0 amide bonds. The number of ether oxygens (including phenoxy) is 1. The number of nitrogens with zero attached hydrogens (tertiary/aromatic N) is 3. The van der Waals surface area contributed by atoms with Gasteiger partial charge in [-0.2, -0.15) is 0 Å². The Hall–Kier alpha value is -1.07. The summed E-state index contributed by atoms with van der Waals surface area (Å²) in [5.74, 6) is 0.688. The number of hydrogen-bond donors (Lipinski definition) is 0. The minimum absolute atomic E-state index is 0.305. The van der Waals surface area contributed by atoms with Gasteiger partial charge in [0.25, 0.3) is 0 Å². The first-order valence-electron chi connectivity index (χ1n) is 7.77. The topological polar surface area (TPSA) is 39.9 Å². The summed E-state index contributed by atoms with van der Waals surface area (Å²) in [5, 5.41) is 8.92. The Morgan fingerprint density at radius 1 is 1.19 bits per heavy atom. The van der Waals surface area contributed by atoms with Crippen LogP contribution >= 0.6 is 11.8 Å². The van der Waals surface area contributed by atoms with E-state index in [9.17, 15) is 0 Å². The average molecular weight is 307 g/mol. The molecule has 0 N–H and O–H groups in total. The average Bonchev–Trinajstić information content (AvgIpc) is 2.94. The number of thioether (sulfide) groups is 1. The molecule has 0 radical (unpaired) electrons. The van der Waals surface area contributed by atoms with E-state index in [0.29, 0.717) is 11.3 Å². The van der Waals surface area contributed by atoms with E-state index < -0.39 is 0 Å². The molecule has 0 bridgehead atoms. The van der Waals surface area contributed by atoms with Crippen molar-refractivity contribution in [1.82, 2.24) is 15.0 Å². The van der Waals surface area contributed by atoms with Gasteiger partial charge < -0.3 is 4.74 Å². The number of hydrogen-bond acceptors (Lipinski definition) is 4. The van der Waals surface area contributed by atoms with E-state index in [1.165, 1.54) is 32.1 Å².